The van der Waals surface area contributed by atoms with Crippen LogP contribution in [0.2, 0.25) is 0 Å². The smallest absolute Gasteiger partial charge is 0.255 e. The van der Waals surface area contributed by atoms with Crippen LogP contribution in [0.15, 0.2) is 47.2 Å². The number of ketones is 2. The van der Waals surface area contributed by atoms with Crippen LogP contribution in [0, 0.1) is 20.3 Å². The topological polar surface area (TPSA) is 243 Å². The number of hydrogen-bond acceptors (Lipinski definition) is 11. The quantitative estimate of drug-likeness (QED) is 0.174. The number of halogens is 1. The fraction of sp³-hybridized carbons (Fsp3) is 0.310. The summed E-state index contributed by atoms with van der Waals surface area (Å²) in [5.74, 6) is -5.80. The van der Waals surface area contributed by atoms with Gasteiger partial charge >= 0.3 is 0 Å². The molecule has 3 aliphatic carbocycles. The van der Waals surface area contributed by atoms with Gasteiger partial charge in [-0.15, -0.1) is 0 Å². The summed E-state index contributed by atoms with van der Waals surface area (Å²) >= 11 is 2.16. The lowest BCUT2D eigenvalue weighted by Gasteiger charge is -2.58. The Labute approximate surface area is 254 Å². The van der Waals surface area contributed by atoms with Gasteiger partial charge in [0.15, 0.2) is 17.0 Å². The Hall–Kier alpha value is -3.81. The molecular weight excluding hydrogens is 655 g/mol. The van der Waals surface area contributed by atoms with Crippen molar-refractivity contribution in [2.45, 2.75) is 36.5 Å². The van der Waals surface area contributed by atoms with E-state index in [1.165, 1.54) is 19.0 Å². The minimum Gasteiger partial charge on any atom is -0.509 e. The van der Waals surface area contributed by atoms with E-state index in [2.05, 4.69) is 22.6 Å². The maximum absolute atomic E-state index is 14.5. The van der Waals surface area contributed by atoms with Crippen LogP contribution in [0.3, 0.4) is 0 Å². The number of nitriles is 1. The van der Waals surface area contributed by atoms with E-state index in [1.807, 2.05) is 24.3 Å². The summed E-state index contributed by atoms with van der Waals surface area (Å²) in [5, 5.41) is 44.8. The summed E-state index contributed by atoms with van der Waals surface area (Å²) in [6, 6.07) is 9.42. The fourth-order valence-corrected chi connectivity index (χ4v) is 7.36. The Morgan fingerprint density at radius 2 is 1.79 bits per heavy atom. The summed E-state index contributed by atoms with van der Waals surface area (Å²) in [5.41, 5.74) is 19.0. The summed E-state index contributed by atoms with van der Waals surface area (Å²) in [6.45, 7) is -0.104. The molecule has 0 radical (unpaired) electrons. The monoisotopic (exact) mass is 684 g/mol. The molecule has 0 unspecified atom stereocenters. The van der Waals surface area contributed by atoms with E-state index in [-0.39, 0.29) is 29.8 Å². The van der Waals surface area contributed by atoms with Crippen molar-refractivity contribution in [3.8, 4) is 22.9 Å². The number of primary amides is 1. The molecule has 2 aromatic rings. The number of nitrogens with two attached hydrogens (primary N) is 4. The third-order valence-corrected chi connectivity index (χ3v) is 9.42. The number of aliphatic hydroxyl groups is 2. The number of Topliss-reactive ketones (excluding diaryl/α,β-unsaturated/α-hetero) is 2. The molecule has 4 atom stereocenters. The number of likely N-dealkylation sites (N-methyl/N-ethyl adjacent to an activating group) is 1. The first kappa shape index (κ1) is 29.7. The van der Waals surface area contributed by atoms with Gasteiger partial charge < -0.3 is 38.3 Å². The third-order valence-electron chi connectivity index (χ3n) is 8.70. The molecule has 2 aromatic carbocycles. The SMILES string of the molecule is CN(C)[C@@H]1C(=O)C(C(N)=O)=C(O)[C@@]2(C#N)C(=O)C3=C(O)c4c(O)c(CN)cc(-c5ccc(I)cc5)c4C[C@@]3(N)C[C@@]12N. The summed E-state index contributed by atoms with van der Waals surface area (Å²) in [7, 11) is 2.93. The molecule has 1 saturated carbocycles. The van der Waals surface area contributed by atoms with Gasteiger partial charge in [0.05, 0.1) is 34.3 Å². The van der Waals surface area contributed by atoms with Crippen molar-refractivity contribution >= 4 is 45.8 Å². The number of benzene rings is 2. The van der Waals surface area contributed by atoms with Crippen molar-refractivity contribution in [1.29, 1.82) is 5.26 Å². The van der Waals surface area contributed by atoms with Gasteiger partial charge in [0.1, 0.15) is 22.8 Å². The minimum absolute atomic E-state index is 0.0943. The van der Waals surface area contributed by atoms with E-state index < -0.39 is 69.1 Å². The lowest BCUT2D eigenvalue weighted by molar-refractivity contribution is -0.139. The predicted molar refractivity (Wildman–Crippen MR) is 160 cm³/mol. The molecule has 1 fully saturated rings. The molecule has 11 N–H and O–H groups in total. The van der Waals surface area contributed by atoms with Gasteiger partial charge in [-0.05, 0) is 84.4 Å². The van der Waals surface area contributed by atoms with Crippen LogP contribution in [0.1, 0.15) is 23.1 Å². The number of aliphatic hydroxyl groups excluding tert-OH is 2. The number of fused-ring (bicyclic) bond motifs is 3. The van der Waals surface area contributed by atoms with E-state index in [9.17, 15) is 35.0 Å². The first-order valence-electron chi connectivity index (χ1n) is 12.9. The highest BCUT2D eigenvalue weighted by Crippen LogP contribution is 2.59. The van der Waals surface area contributed by atoms with E-state index in [0.29, 0.717) is 11.1 Å². The number of phenolic OH excluding ortho intramolecular Hbond substituents is 1. The zero-order chi connectivity index (χ0) is 31.1. The molecule has 5 rings (SSSR count). The number of aromatic hydroxyl groups is 1. The largest absolute Gasteiger partial charge is 0.509 e. The number of amides is 1. The third kappa shape index (κ3) is 3.62. The number of hydrogen-bond donors (Lipinski definition) is 7. The number of carbonyl (C=O) groups excluding carboxylic acids is 3. The van der Waals surface area contributed by atoms with Crippen LogP contribution in [0.4, 0.5) is 0 Å². The summed E-state index contributed by atoms with van der Waals surface area (Å²) < 4.78 is 0.971. The molecule has 0 bridgehead atoms. The predicted octanol–water partition coefficient (Wildman–Crippen LogP) is 0.636. The van der Waals surface area contributed by atoms with Crippen LogP contribution >= 0.6 is 22.6 Å². The molecule has 0 aliphatic heterocycles. The highest BCUT2D eigenvalue weighted by atomic mass is 127. The second-order valence-electron chi connectivity index (χ2n) is 11.3. The van der Waals surface area contributed by atoms with Crippen LogP contribution in [-0.4, -0.2) is 68.9 Å². The number of rotatable bonds is 4. The van der Waals surface area contributed by atoms with E-state index >= 15 is 0 Å². The van der Waals surface area contributed by atoms with Crippen molar-refractivity contribution in [3.05, 3.63) is 67.5 Å². The summed E-state index contributed by atoms with van der Waals surface area (Å²) in [4.78, 5) is 41.7. The Kier molecular flexibility index (Phi) is 6.79. The molecule has 218 valence electrons. The van der Waals surface area contributed by atoms with Gasteiger partial charge in [0, 0.05) is 15.7 Å². The number of phenols is 1. The van der Waals surface area contributed by atoms with E-state index in [0.717, 1.165) is 9.13 Å². The van der Waals surface area contributed by atoms with Crippen molar-refractivity contribution < 1.29 is 29.7 Å². The van der Waals surface area contributed by atoms with Crippen LogP contribution < -0.4 is 22.9 Å². The number of carbonyl (C=O) groups is 3. The molecule has 0 saturated heterocycles. The second-order valence-corrected chi connectivity index (χ2v) is 12.5. The van der Waals surface area contributed by atoms with Crippen molar-refractivity contribution in [2.24, 2.45) is 28.3 Å². The van der Waals surface area contributed by atoms with E-state index in [4.69, 9.17) is 22.9 Å². The van der Waals surface area contributed by atoms with Crippen LogP contribution in [0.25, 0.3) is 16.9 Å². The molecule has 0 aromatic heterocycles. The second kappa shape index (κ2) is 9.61. The maximum Gasteiger partial charge on any atom is 0.255 e. The Balaban J connectivity index is 1.89. The molecular formula is C29H29IN6O6. The molecule has 13 heteroatoms. The summed E-state index contributed by atoms with van der Waals surface area (Å²) in [6.07, 6.45) is -0.594. The highest BCUT2D eigenvalue weighted by molar-refractivity contribution is 14.1. The van der Waals surface area contributed by atoms with Gasteiger partial charge in [-0.3, -0.25) is 19.3 Å². The van der Waals surface area contributed by atoms with Crippen molar-refractivity contribution in [2.75, 3.05) is 14.1 Å². The Morgan fingerprint density at radius 3 is 2.31 bits per heavy atom. The van der Waals surface area contributed by atoms with Gasteiger partial charge in [-0.25, -0.2) is 0 Å². The molecule has 0 spiro atoms. The lowest BCUT2D eigenvalue weighted by atomic mass is 9.47. The normalized spacial score (nSPS) is 28.8. The average Bonchev–Trinajstić information content (AvgIpc) is 2.88. The molecule has 0 heterocycles. The molecule has 42 heavy (non-hydrogen) atoms. The van der Waals surface area contributed by atoms with Gasteiger partial charge in [-0.1, -0.05) is 12.1 Å². The van der Waals surface area contributed by atoms with Crippen LogP contribution in [0.5, 0.6) is 5.75 Å². The first-order valence-corrected chi connectivity index (χ1v) is 13.9. The lowest BCUT2D eigenvalue weighted by Crippen LogP contribution is -2.80. The zero-order valence-electron chi connectivity index (χ0n) is 22.7. The maximum atomic E-state index is 14.5. The minimum atomic E-state index is -2.72. The first-order chi connectivity index (χ1) is 19.6. The van der Waals surface area contributed by atoms with Gasteiger partial charge in [-0.2, -0.15) is 5.26 Å². The fourth-order valence-electron chi connectivity index (χ4n) is 7.00. The Bertz CT molecular complexity index is 1710. The molecule has 12 nitrogen and oxygen atoms in total. The number of nitrogens with zero attached hydrogens (tertiary/aromatic N) is 2. The molecule has 1 amide bonds. The van der Waals surface area contributed by atoms with E-state index in [1.54, 1.807) is 12.1 Å². The van der Waals surface area contributed by atoms with Crippen molar-refractivity contribution in [1.82, 2.24) is 4.90 Å². The standard InChI is InChI=1S/C29H29IN6O6/c1-36(2)23-22(39)18(26(33)42)24(40)28(11-32)25(41)19-21(38)17-16(8-27(19,34)10-29(23,28)35)15(7-13(9-31)20(17)37)12-3-5-14(30)6-4-12/h3-7,23,37-38,40H,8-10,31,34-35H2,1-2H3,(H2,33,42)/t23-,27-,28+,29-/m1/s1. The zero-order valence-corrected chi connectivity index (χ0v) is 24.9. The highest BCUT2D eigenvalue weighted by Gasteiger charge is 2.74. The van der Waals surface area contributed by atoms with Gasteiger partial charge in [0.25, 0.3) is 5.91 Å². The average molecular weight is 684 g/mol. The Morgan fingerprint density at radius 1 is 1.17 bits per heavy atom. The molecule has 3 aliphatic rings. The van der Waals surface area contributed by atoms with Crippen molar-refractivity contribution in [3.63, 3.8) is 0 Å². The van der Waals surface area contributed by atoms with Gasteiger partial charge in [0.2, 0.25) is 0 Å². The van der Waals surface area contributed by atoms with Crippen LogP contribution in [-0.2, 0) is 27.3 Å².